The number of amides is 1. The Kier molecular flexibility index (Phi) is 5.76. The molecule has 2 aromatic carbocycles. The van der Waals surface area contributed by atoms with Gasteiger partial charge in [-0.1, -0.05) is 49.4 Å². The molecule has 0 radical (unpaired) electrons. The van der Waals surface area contributed by atoms with E-state index in [0.717, 1.165) is 12.0 Å². The smallest absolute Gasteiger partial charge is 0.354 e. The van der Waals surface area contributed by atoms with Crippen molar-refractivity contribution in [3.05, 3.63) is 65.7 Å². The predicted octanol–water partition coefficient (Wildman–Crippen LogP) is 3.16. The molecule has 1 amide bonds. The number of ketones is 1. The fourth-order valence-electron chi connectivity index (χ4n) is 2.70. The molecule has 0 saturated heterocycles. The first-order valence-corrected chi connectivity index (χ1v) is 8.83. The van der Waals surface area contributed by atoms with Crippen LogP contribution >= 0.6 is 0 Å². The number of carbonyl (C=O) groups is 3. The Morgan fingerprint density at radius 3 is 2.41 bits per heavy atom. The second kappa shape index (κ2) is 8.40. The molecule has 0 N–H and O–H groups in total. The monoisotopic (exact) mass is 364 g/mol. The second-order valence-electron chi connectivity index (χ2n) is 6.14. The van der Waals surface area contributed by atoms with Crippen molar-refractivity contribution in [1.29, 1.82) is 0 Å². The number of carbonyl (C=O) groups excluding carboxylic acids is 3. The van der Waals surface area contributed by atoms with Crippen LogP contribution in [-0.2, 0) is 20.7 Å². The van der Waals surface area contributed by atoms with Crippen molar-refractivity contribution in [3.8, 4) is 0 Å². The molecule has 0 atom stereocenters. The summed E-state index contributed by atoms with van der Waals surface area (Å²) >= 11 is 0. The highest BCUT2D eigenvalue weighted by Crippen LogP contribution is 2.20. The van der Waals surface area contributed by atoms with Crippen molar-refractivity contribution in [2.24, 2.45) is 5.10 Å². The Labute approximate surface area is 157 Å². The number of anilines is 1. The lowest BCUT2D eigenvalue weighted by atomic mass is 10.1. The highest BCUT2D eigenvalue weighted by atomic mass is 16.5. The fourth-order valence-corrected chi connectivity index (χ4v) is 2.70. The highest BCUT2D eigenvalue weighted by Gasteiger charge is 2.26. The average molecular weight is 364 g/mol. The van der Waals surface area contributed by atoms with Crippen molar-refractivity contribution >= 4 is 29.1 Å². The molecule has 3 rings (SSSR count). The standard InChI is InChI=1S/C21H20N2O4/c1-2-15-8-10-16(11-9-15)19(24)14-27-21(26)18-12-13-20(25)23(22-18)17-6-4-3-5-7-17/h3-11H,2,12-14H2,1H3. The van der Waals surface area contributed by atoms with Gasteiger partial charge in [0.2, 0.25) is 5.91 Å². The van der Waals surface area contributed by atoms with Crippen LogP contribution in [0.2, 0.25) is 0 Å². The SMILES string of the molecule is CCc1ccc(C(=O)COC(=O)C2=NN(c3ccccc3)C(=O)CC2)cc1. The third-order valence-corrected chi connectivity index (χ3v) is 4.29. The molecule has 0 aromatic heterocycles. The molecular weight excluding hydrogens is 344 g/mol. The summed E-state index contributed by atoms with van der Waals surface area (Å²) in [6.07, 6.45) is 1.25. The fraction of sp³-hybridized carbons (Fsp3) is 0.238. The number of ether oxygens (including phenoxy) is 1. The van der Waals surface area contributed by atoms with Crippen LogP contribution in [0.4, 0.5) is 5.69 Å². The van der Waals surface area contributed by atoms with Gasteiger partial charge in [-0.15, -0.1) is 0 Å². The van der Waals surface area contributed by atoms with Gasteiger partial charge in [0.15, 0.2) is 12.4 Å². The molecule has 0 unspecified atom stereocenters. The molecule has 6 heteroatoms. The third kappa shape index (κ3) is 4.47. The molecule has 6 nitrogen and oxygen atoms in total. The van der Waals surface area contributed by atoms with E-state index in [1.165, 1.54) is 5.01 Å². The van der Waals surface area contributed by atoms with Crippen LogP contribution in [0.1, 0.15) is 35.7 Å². The minimum absolute atomic E-state index is 0.132. The van der Waals surface area contributed by atoms with Gasteiger partial charge in [-0.2, -0.15) is 5.10 Å². The second-order valence-corrected chi connectivity index (χ2v) is 6.14. The largest absolute Gasteiger partial charge is 0.453 e. The maximum atomic E-state index is 12.3. The van der Waals surface area contributed by atoms with Gasteiger partial charge in [-0.3, -0.25) is 9.59 Å². The topological polar surface area (TPSA) is 76.0 Å². The quantitative estimate of drug-likeness (QED) is 0.583. The number of nitrogens with zero attached hydrogens (tertiary/aromatic N) is 2. The molecule has 1 aliphatic heterocycles. The molecular formula is C21H20N2O4. The lowest BCUT2D eigenvalue weighted by Gasteiger charge is -2.22. The van der Waals surface area contributed by atoms with Gasteiger partial charge in [0.25, 0.3) is 0 Å². The molecule has 1 heterocycles. The van der Waals surface area contributed by atoms with Gasteiger partial charge in [-0.05, 0) is 24.1 Å². The van der Waals surface area contributed by atoms with Crippen LogP contribution in [0, 0.1) is 0 Å². The van der Waals surface area contributed by atoms with Gasteiger partial charge in [0.05, 0.1) is 5.69 Å². The van der Waals surface area contributed by atoms with E-state index < -0.39 is 5.97 Å². The van der Waals surface area contributed by atoms with E-state index in [-0.39, 0.29) is 36.9 Å². The number of rotatable bonds is 6. The first-order valence-electron chi connectivity index (χ1n) is 8.83. The van der Waals surface area contributed by atoms with E-state index >= 15 is 0 Å². The number of esters is 1. The predicted molar refractivity (Wildman–Crippen MR) is 102 cm³/mol. The number of Topliss-reactive ketones (excluding diaryl/α,β-unsaturated/α-hetero) is 1. The van der Waals surface area contributed by atoms with Gasteiger partial charge in [-0.25, -0.2) is 9.80 Å². The van der Waals surface area contributed by atoms with Crippen LogP contribution in [-0.4, -0.2) is 30.0 Å². The normalized spacial score (nSPS) is 13.9. The lowest BCUT2D eigenvalue weighted by Crippen LogP contribution is -2.35. The number of hydrogen-bond acceptors (Lipinski definition) is 5. The summed E-state index contributed by atoms with van der Waals surface area (Å²) < 4.78 is 5.12. The lowest BCUT2D eigenvalue weighted by molar-refractivity contribution is -0.134. The molecule has 27 heavy (non-hydrogen) atoms. The molecule has 138 valence electrons. The van der Waals surface area contributed by atoms with Gasteiger partial charge < -0.3 is 4.74 Å². The summed E-state index contributed by atoms with van der Waals surface area (Å²) in [5.41, 5.74) is 2.34. The maximum Gasteiger partial charge on any atom is 0.354 e. The van der Waals surface area contributed by atoms with E-state index in [4.69, 9.17) is 4.74 Å². The first-order chi connectivity index (χ1) is 13.1. The Hall–Kier alpha value is -3.28. The molecule has 0 aliphatic carbocycles. The van der Waals surface area contributed by atoms with Gasteiger partial charge in [0, 0.05) is 18.4 Å². The minimum atomic E-state index is -0.679. The Balaban J connectivity index is 1.64. The van der Waals surface area contributed by atoms with Crippen molar-refractivity contribution < 1.29 is 19.1 Å². The Morgan fingerprint density at radius 1 is 1.04 bits per heavy atom. The number of para-hydroxylation sites is 1. The number of aryl methyl sites for hydroxylation is 1. The van der Waals surface area contributed by atoms with Crippen molar-refractivity contribution in [2.75, 3.05) is 11.6 Å². The van der Waals surface area contributed by atoms with E-state index in [9.17, 15) is 14.4 Å². The van der Waals surface area contributed by atoms with Gasteiger partial charge >= 0.3 is 5.97 Å². The maximum absolute atomic E-state index is 12.3. The van der Waals surface area contributed by atoms with E-state index in [2.05, 4.69) is 5.10 Å². The summed E-state index contributed by atoms with van der Waals surface area (Å²) in [6.45, 7) is 1.68. The molecule has 0 bridgehead atoms. The average Bonchev–Trinajstić information content (AvgIpc) is 2.72. The Bertz CT molecular complexity index is 873. The van der Waals surface area contributed by atoms with E-state index in [1.807, 2.05) is 25.1 Å². The zero-order valence-electron chi connectivity index (χ0n) is 15.1. The first kappa shape index (κ1) is 18.5. The highest BCUT2D eigenvalue weighted by molar-refractivity contribution is 6.38. The zero-order valence-corrected chi connectivity index (χ0v) is 15.1. The number of hydrogen-bond donors (Lipinski definition) is 0. The van der Waals surface area contributed by atoms with Crippen LogP contribution in [0.15, 0.2) is 59.7 Å². The molecule has 1 aliphatic rings. The van der Waals surface area contributed by atoms with E-state index in [1.54, 1.807) is 36.4 Å². The van der Waals surface area contributed by atoms with E-state index in [0.29, 0.717) is 11.3 Å². The summed E-state index contributed by atoms with van der Waals surface area (Å²) in [5, 5.41) is 5.32. The van der Waals surface area contributed by atoms with Crippen LogP contribution in [0.25, 0.3) is 0 Å². The van der Waals surface area contributed by atoms with Crippen molar-refractivity contribution in [3.63, 3.8) is 0 Å². The summed E-state index contributed by atoms with van der Waals surface area (Å²) in [4.78, 5) is 36.5. The number of benzene rings is 2. The van der Waals surface area contributed by atoms with Crippen molar-refractivity contribution in [1.82, 2.24) is 0 Å². The summed E-state index contributed by atoms with van der Waals surface area (Å²) in [7, 11) is 0. The molecule has 0 fully saturated rings. The minimum Gasteiger partial charge on any atom is -0.453 e. The van der Waals surface area contributed by atoms with Crippen LogP contribution < -0.4 is 5.01 Å². The molecule has 2 aromatic rings. The van der Waals surface area contributed by atoms with Crippen LogP contribution in [0.3, 0.4) is 0 Å². The number of hydrazone groups is 1. The van der Waals surface area contributed by atoms with Gasteiger partial charge in [0.1, 0.15) is 5.71 Å². The van der Waals surface area contributed by atoms with Crippen LogP contribution in [0.5, 0.6) is 0 Å². The summed E-state index contributed by atoms with van der Waals surface area (Å²) in [5.74, 6) is -1.15. The summed E-state index contributed by atoms with van der Waals surface area (Å²) in [6, 6.07) is 16.1. The Morgan fingerprint density at radius 2 is 1.74 bits per heavy atom. The third-order valence-electron chi connectivity index (χ3n) is 4.29. The molecule has 0 saturated carbocycles. The zero-order chi connectivity index (χ0) is 19.2. The molecule has 0 spiro atoms. The van der Waals surface area contributed by atoms with Crippen molar-refractivity contribution in [2.45, 2.75) is 26.2 Å².